The van der Waals surface area contributed by atoms with Crippen LogP contribution in [-0.2, 0) is 6.54 Å². The Labute approximate surface area is 142 Å². The summed E-state index contributed by atoms with van der Waals surface area (Å²) in [5, 5.41) is 0. The summed E-state index contributed by atoms with van der Waals surface area (Å²) in [5.41, 5.74) is 3.08. The van der Waals surface area contributed by atoms with Crippen molar-refractivity contribution in [1.82, 2.24) is 4.90 Å². The summed E-state index contributed by atoms with van der Waals surface area (Å²) < 4.78 is 13.1. The number of nitrogens with zero attached hydrogens (tertiary/aromatic N) is 2. The van der Waals surface area contributed by atoms with Gasteiger partial charge in [0, 0.05) is 44.0 Å². The number of benzene rings is 2. The summed E-state index contributed by atoms with van der Waals surface area (Å²) in [4.78, 5) is 16.1. The number of Topliss-reactive ketones (excluding diaryl/α,β-unsaturated/α-hetero) is 1. The molecule has 0 aromatic heterocycles. The highest BCUT2D eigenvalue weighted by molar-refractivity contribution is 5.93. The molecule has 2 aromatic carbocycles. The number of carbonyl (C=O) groups excluding carboxylic acids is 1. The number of ketones is 1. The first-order valence-corrected chi connectivity index (χ1v) is 8.44. The third-order valence-electron chi connectivity index (χ3n) is 4.55. The van der Waals surface area contributed by atoms with E-state index in [9.17, 15) is 9.18 Å². The Hall–Kier alpha value is -2.20. The molecule has 0 spiro atoms. The smallest absolute Gasteiger partial charge is 0.159 e. The number of hydrogen-bond acceptors (Lipinski definition) is 3. The lowest BCUT2D eigenvalue weighted by molar-refractivity contribution is 0.101. The van der Waals surface area contributed by atoms with Gasteiger partial charge in [0.15, 0.2) is 5.78 Å². The van der Waals surface area contributed by atoms with Crippen molar-refractivity contribution in [2.75, 3.05) is 31.1 Å². The molecule has 0 N–H and O–H groups in total. The van der Waals surface area contributed by atoms with Gasteiger partial charge < -0.3 is 4.90 Å². The molecule has 0 amide bonds. The summed E-state index contributed by atoms with van der Waals surface area (Å²) >= 11 is 0. The lowest BCUT2D eigenvalue weighted by Crippen LogP contribution is -2.30. The van der Waals surface area contributed by atoms with Crippen molar-refractivity contribution in [3.63, 3.8) is 0 Å². The molecule has 0 atom stereocenters. The largest absolute Gasteiger partial charge is 0.370 e. The molecule has 1 heterocycles. The van der Waals surface area contributed by atoms with Crippen molar-refractivity contribution in [1.29, 1.82) is 0 Å². The lowest BCUT2D eigenvalue weighted by Gasteiger charge is -2.23. The fraction of sp³-hybridized carbons (Fsp3) is 0.350. The van der Waals surface area contributed by atoms with E-state index >= 15 is 0 Å². The van der Waals surface area contributed by atoms with Gasteiger partial charge in [-0.15, -0.1) is 0 Å². The molecule has 1 fully saturated rings. The van der Waals surface area contributed by atoms with Crippen LogP contribution in [0.2, 0.25) is 0 Å². The topological polar surface area (TPSA) is 23.6 Å². The quantitative estimate of drug-likeness (QED) is 0.800. The minimum atomic E-state index is -0.191. The molecule has 0 saturated carbocycles. The van der Waals surface area contributed by atoms with Crippen molar-refractivity contribution < 1.29 is 9.18 Å². The van der Waals surface area contributed by atoms with E-state index in [2.05, 4.69) is 9.80 Å². The van der Waals surface area contributed by atoms with Crippen LogP contribution < -0.4 is 4.90 Å². The number of anilines is 1. The second-order valence-corrected chi connectivity index (χ2v) is 6.35. The molecule has 24 heavy (non-hydrogen) atoms. The minimum absolute atomic E-state index is 0.103. The zero-order valence-corrected chi connectivity index (χ0v) is 14.0. The molecule has 1 aliphatic rings. The van der Waals surface area contributed by atoms with Crippen LogP contribution in [0.15, 0.2) is 48.5 Å². The Bertz CT molecular complexity index is 682. The van der Waals surface area contributed by atoms with Gasteiger partial charge in [-0.3, -0.25) is 9.69 Å². The van der Waals surface area contributed by atoms with Gasteiger partial charge in [0.2, 0.25) is 0 Å². The van der Waals surface area contributed by atoms with Crippen LogP contribution >= 0.6 is 0 Å². The molecule has 1 aliphatic heterocycles. The zero-order chi connectivity index (χ0) is 16.9. The van der Waals surface area contributed by atoms with E-state index in [0.29, 0.717) is 0 Å². The van der Waals surface area contributed by atoms with Crippen LogP contribution in [0.25, 0.3) is 0 Å². The molecule has 0 aliphatic carbocycles. The van der Waals surface area contributed by atoms with Crippen LogP contribution in [0, 0.1) is 5.82 Å². The minimum Gasteiger partial charge on any atom is -0.370 e. The van der Waals surface area contributed by atoms with Crippen molar-refractivity contribution in [2.24, 2.45) is 0 Å². The van der Waals surface area contributed by atoms with Gasteiger partial charge >= 0.3 is 0 Å². The fourth-order valence-electron chi connectivity index (χ4n) is 3.14. The van der Waals surface area contributed by atoms with E-state index in [0.717, 1.165) is 50.4 Å². The van der Waals surface area contributed by atoms with Crippen molar-refractivity contribution in [2.45, 2.75) is 19.9 Å². The van der Waals surface area contributed by atoms with Crippen LogP contribution in [-0.4, -0.2) is 36.9 Å². The van der Waals surface area contributed by atoms with Gasteiger partial charge in [-0.25, -0.2) is 4.39 Å². The molecule has 3 nitrogen and oxygen atoms in total. The molecule has 2 aromatic rings. The average Bonchev–Trinajstić information content (AvgIpc) is 2.82. The Balaban J connectivity index is 1.59. The maximum Gasteiger partial charge on any atom is 0.159 e. The van der Waals surface area contributed by atoms with Crippen molar-refractivity contribution >= 4 is 11.5 Å². The summed E-state index contributed by atoms with van der Waals surface area (Å²) in [5.74, 6) is -0.0875. The van der Waals surface area contributed by atoms with E-state index in [1.165, 1.54) is 17.7 Å². The first-order valence-electron chi connectivity index (χ1n) is 8.44. The van der Waals surface area contributed by atoms with E-state index in [4.69, 9.17) is 0 Å². The van der Waals surface area contributed by atoms with Crippen LogP contribution in [0.3, 0.4) is 0 Å². The summed E-state index contributed by atoms with van der Waals surface area (Å²) in [6, 6.07) is 14.6. The van der Waals surface area contributed by atoms with Gasteiger partial charge in [-0.05, 0) is 43.2 Å². The van der Waals surface area contributed by atoms with Gasteiger partial charge in [0.05, 0.1) is 0 Å². The molecular formula is C20H23FN2O. The van der Waals surface area contributed by atoms with E-state index in [1.54, 1.807) is 6.92 Å². The van der Waals surface area contributed by atoms with E-state index in [-0.39, 0.29) is 11.6 Å². The van der Waals surface area contributed by atoms with Gasteiger partial charge in [-0.2, -0.15) is 0 Å². The van der Waals surface area contributed by atoms with E-state index in [1.807, 2.05) is 36.4 Å². The predicted octanol–water partition coefficient (Wildman–Crippen LogP) is 3.74. The standard InChI is InChI=1S/C20H23FN2O/c1-16(24)18-5-3-17(4-6-18)15-22-11-2-12-23(14-13-22)20-9-7-19(21)8-10-20/h3-10H,2,11-15H2,1H3. The van der Waals surface area contributed by atoms with Crippen molar-refractivity contribution in [3.8, 4) is 0 Å². The Morgan fingerprint density at radius 2 is 1.67 bits per heavy atom. The maximum absolute atomic E-state index is 13.1. The lowest BCUT2D eigenvalue weighted by atomic mass is 10.1. The Morgan fingerprint density at radius 3 is 2.33 bits per heavy atom. The number of hydrogen-bond donors (Lipinski definition) is 0. The van der Waals surface area contributed by atoms with Gasteiger partial charge in [0.25, 0.3) is 0 Å². The van der Waals surface area contributed by atoms with Crippen LogP contribution in [0.1, 0.15) is 29.3 Å². The molecule has 4 heteroatoms. The van der Waals surface area contributed by atoms with Crippen LogP contribution in [0.5, 0.6) is 0 Å². The van der Waals surface area contributed by atoms with Gasteiger partial charge in [-0.1, -0.05) is 24.3 Å². The highest BCUT2D eigenvalue weighted by Crippen LogP contribution is 2.18. The fourth-order valence-corrected chi connectivity index (χ4v) is 3.14. The Morgan fingerprint density at radius 1 is 0.958 bits per heavy atom. The second-order valence-electron chi connectivity index (χ2n) is 6.35. The first kappa shape index (κ1) is 16.7. The molecule has 0 bridgehead atoms. The predicted molar refractivity (Wildman–Crippen MR) is 95.0 cm³/mol. The van der Waals surface area contributed by atoms with Crippen molar-refractivity contribution in [3.05, 3.63) is 65.5 Å². The van der Waals surface area contributed by atoms with Gasteiger partial charge in [0.1, 0.15) is 5.82 Å². The van der Waals surface area contributed by atoms with Crippen LogP contribution in [0.4, 0.5) is 10.1 Å². The summed E-state index contributed by atoms with van der Waals surface area (Å²) in [7, 11) is 0. The summed E-state index contributed by atoms with van der Waals surface area (Å²) in [6.45, 7) is 6.45. The molecular weight excluding hydrogens is 303 g/mol. The first-order chi connectivity index (χ1) is 11.6. The summed E-state index contributed by atoms with van der Waals surface area (Å²) in [6.07, 6.45) is 1.09. The third-order valence-corrected chi connectivity index (χ3v) is 4.55. The molecule has 3 rings (SSSR count). The normalized spacial score (nSPS) is 16.0. The highest BCUT2D eigenvalue weighted by atomic mass is 19.1. The molecule has 126 valence electrons. The molecule has 0 radical (unpaired) electrons. The number of rotatable bonds is 4. The monoisotopic (exact) mass is 326 g/mol. The number of carbonyl (C=O) groups is 1. The maximum atomic E-state index is 13.1. The second kappa shape index (κ2) is 7.58. The Kier molecular flexibility index (Phi) is 5.26. The molecule has 0 unspecified atom stereocenters. The number of halogens is 1. The average molecular weight is 326 g/mol. The third kappa shape index (κ3) is 4.20. The van der Waals surface area contributed by atoms with E-state index < -0.39 is 0 Å². The SMILES string of the molecule is CC(=O)c1ccc(CN2CCCN(c3ccc(F)cc3)CC2)cc1. The highest BCUT2D eigenvalue weighted by Gasteiger charge is 2.15. The zero-order valence-electron chi connectivity index (χ0n) is 14.0. The molecule has 1 saturated heterocycles.